The SMILES string of the molecule is CCCCC1=CC[C@H]2[C@@H]3CCC4=C(CCC(O)C4)[C@H]3CC[C@]12C. The van der Waals surface area contributed by atoms with Gasteiger partial charge in [-0.15, -0.1) is 0 Å². The van der Waals surface area contributed by atoms with Crippen molar-refractivity contribution < 1.29 is 5.11 Å². The van der Waals surface area contributed by atoms with Crippen LogP contribution >= 0.6 is 0 Å². The average molecular weight is 315 g/mol. The summed E-state index contributed by atoms with van der Waals surface area (Å²) >= 11 is 0. The van der Waals surface area contributed by atoms with E-state index in [4.69, 9.17) is 0 Å². The number of hydrogen-bond donors (Lipinski definition) is 1. The van der Waals surface area contributed by atoms with Crippen molar-refractivity contribution in [2.24, 2.45) is 23.2 Å². The third kappa shape index (κ3) is 2.54. The number of unbranched alkanes of at least 4 members (excludes halogenated alkanes) is 1. The summed E-state index contributed by atoms with van der Waals surface area (Å²) in [7, 11) is 0. The van der Waals surface area contributed by atoms with E-state index in [1.807, 2.05) is 5.57 Å². The van der Waals surface area contributed by atoms with E-state index in [2.05, 4.69) is 19.9 Å². The molecule has 0 saturated heterocycles. The number of allylic oxidation sites excluding steroid dienone is 3. The third-order valence-corrected chi connectivity index (χ3v) is 7.89. The van der Waals surface area contributed by atoms with Crippen molar-refractivity contribution in [3.63, 3.8) is 0 Å². The highest BCUT2D eigenvalue weighted by atomic mass is 16.3. The Balaban J connectivity index is 1.55. The Kier molecular flexibility index (Phi) is 4.20. The van der Waals surface area contributed by atoms with Crippen LogP contribution in [0.2, 0.25) is 0 Å². The quantitative estimate of drug-likeness (QED) is 0.654. The first-order chi connectivity index (χ1) is 11.1. The van der Waals surface area contributed by atoms with Crippen molar-refractivity contribution in [1.82, 2.24) is 0 Å². The number of aliphatic hydroxyl groups is 1. The molecule has 0 radical (unpaired) electrons. The van der Waals surface area contributed by atoms with Gasteiger partial charge in [-0.25, -0.2) is 0 Å². The van der Waals surface area contributed by atoms with Gasteiger partial charge in [0.05, 0.1) is 6.10 Å². The number of hydrogen-bond acceptors (Lipinski definition) is 1. The molecule has 0 spiro atoms. The fraction of sp³-hybridized carbons (Fsp3) is 0.818. The molecule has 128 valence electrons. The third-order valence-electron chi connectivity index (χ3n) is 7.89. The van der Waals surface area contributed by atoms with Gasteiger partial charge in [0.25, 0.3) is 0 Å². The molecule has 0 heterocycles. The molecule has 4 aliphatic carbocycles. The Morgan fingerprint density at radius 3 is 2.91 bits per heavy atom. The number of rotatable bonds is 3. The Morgan fingerprint density at radius 2 is 2.09 bits per heavy atom. The van der Waals surface area contributed by atoms with Crippen LogP contribution in [0.1, 0.15) is 84.5 Å². The van der Waals surface area contributed by atoms with Gasteiger partial charge in [-0.2, -0.15) is 0 Å². The molecular weight excluding hydrogens is 280 g/mol. The molecular formula is C22H34O. The van der Waals surface area contributed by atoms with Crippen LogP contribution in [0.4, 0.5) is 0 Å². The van der Waals surface area contributed by atoms with Crippen LogP contribution < -0.4 is 0 Å². The lowest BCUT2D eigenvalue weighted by Crippen LogP contribution is -2.43. The summed E-state index contributed by atoms with van der Waals surface area (Å²) in [6.07, 6.45) is 16.7. The van der Waals surface area contributed by atoms with Crippen LogP contribution in [0.3, 0.4) is 0 Å². The lowest BCUT2D eigenvalue weighted by molar-refractivity contribution is 0.0478. The minimum absolute atomic E-state index is 0.0482. The van der Waals surface area contributed by atoms with E-state index in [0.717, 1.165) is 30.6 Å². The fourth-order valence-electron chi connectivity index (χ4n) is 6.60. The molecule has 0 aromatic carbocycles. The predicted molar refractivity (Wildman–Crippen MR) is 96.2 cm³/mol. The number of fused-ring (bicyclic) bond motifs is 4. The minimum Gasteiger partial charge on any atom is -0.393 e. The molecule has 0 amide bonds. The zero-order valence-electron chi connectivity index (χ0n) is 15.1. The highest BCUT2D eigenvalue weighted by Gasteiger charge is 2.51. The summed E-state index contributed by atoms with van der Waals surface area (Å²) in [6, 6.07) is 0. The molecule has 1 N–H and O–H groups in total. The summed E-state index contributed by atoms with van der Waals surface area (Å²) < 4.78 is 0. The maximum Gasteiger partial charge on any atom is 0.0580 e. The zero-order valence-corrected chi connectivity index (χ0v) is 15.1. The van der Waals surface area contributed by atoms with E-state index in [-0.39, 0.29) is 6.10 Å². The van der Waals surface area contributed by atoms with Crippen molar-refractivity contribution in [2.75, 3.05) is 0 Å². The first-order valence-corrected chi connectivity index (χ1v) is 10.2. The summed E-state index contributed by atoms with van der Waals surface area (Å²) in [4.78, 5) is 0. The molecule has 1 unspecified atom stereocenters. The standard InChI is InChI=1S/C22H34O/c1-3-4-5-16-7-11-21-20-9-6-15-14-17(23)8-10-18(15)19(20)12-13-22(16,21)2/h7,17,19-21,23H,3-6,8-14H2,1-2H3/t17?,19-,20-,21+,22-/m1/s1. The summed E-state index contributed by atoms with van der Waals surface area (Å²) in [6.45, 7) is 4.91. The van der Waals surface area contributed by atoms with Gasteiger partial charge in [0, 0.05) is 0 Å². The highest BCUT2D eigenvalue weighted by Crippen LogP contribution is 2.61. The molecule has 0 aliphatic heterocycles. The first kappa shape index (κ1) is 15.9. The second kappa shape index (κ2) is 6.06. The Morgan fingerprint density at radius 1 is 1.22 bits per heavy atom. The van der Waals surface area contributed by atoms with Gasteiger partial charge >= 0.3 is 0 Å². The maximum absolute atomic E-state index is 10.0. The second-order valence-electron chi connectivity index (χ2n) is 8.97. The monoisotopic (exact) mass is 314 g/mol. The highest BCUT2D eigenvalue weighted by molar-refractivity contribution is 5.31. The lowest BCUT2D eigenvalue weighted by Gasteiger charge is -2.52. The van der Waals surface area contributed by atoms with Crippen molar-refractivity contribution in [3.8, 4) is 0 Å². The van der Waals surface area contributed by atoms with Gasteiger partial charge < -0.3 is 5.11 Å². The topological polar surface area (TPSA) is 20.2 Å². The normalized spacial score (nSPS) is 42.8. The Labute approximate surface area is 142 Å². The smallest absolute Gasteiger partial charge is 0.0580 e. The van der Waals surface area contributed by atoms with Gasteiger partial charge in [-0.1, -0.05) is 43.1 Å². The predicted octanol–water partition coefficient (Wildman–Crippen LogP) is 5.79. The van der Waals surface area contributed by atoms with E-state index < -0.39 is 0 Å². The van der Waals surface area contributed by atoms with Gasteiger partial charge in [0.2, 0.25) is 0 Å². The molecule has 0 aromatic rings. The van der Waals surface area contributed by atoms with Crippen LogP contribution in [-0.2, 0) is 0 Å². The molecule has 1 heteroatoms. The van der Waals surface area contributed by atoms with Crippen LogP contribution in [-0.4, -0.2) is 11.2 Å². The van der Waals surface area contributed by atoms with E-state index >= 15 is 0 Å². The van der Waals surface area contributed by atoms with Gasteiger partial charge in [-0.05, 0) is 87.4 Å². The minimum atomic E-state index is -0.0482. The van der Waals surface area contributed by atoms with Gasteiger partial charge in [0.15, 0.2) is 0 Å². The molecule has 5 atom stereocenters. The number of aliphatic hydroxyl groups excluding tert-OH is 1. The molecule has 1 nitrogen and oxygen atoms in total. The van der Waals surface area contributed by atoms with Gasteiger partial charge in [-0.3, -0.25) is 0 Å². The molecule has 1 saturated carbocycles. The summed E-state index contributed by atoms with van der Waals surface area (Å²) in [5, 5.41) is 10.0. The van der Waals surface area contributed by atoms with Crippen LogP contribution in [0.5, 0.6) is 0 Å². The van der Waals surface area contributed by atoms with Crippen LogP contribution in [0, 0.1) is 23.2 Å². The van der Waals surface area contributed by atoms with E-state index in [9.17, 15) is 5.11 Å². The van der Waals surface area contributed by atoms with E-state index in [1.54, 1.807) is 11.1 Å². The van der Waals surface area contributed by atoms with Crippen molar-refractivity contribution in [3.05, 3.63) is 22.8 Å². The Hall–Kier alpha value is -0.560. The van der Waals surface area contributed by atoms with Crippen molar-refractivity contribution in [2.45, 2.75) is 90.6 Å². The fourth-order valence-corrected chi connectivity index (χ4v) is 6.60. The van der Waals surface area contributed by atoms with Gasteiger partial charge in [0.1, 0.15) is 0 Å². The molecule has 0 aromatic heterocycles. The lowest BCUT2D eigenvalue weighted by atomic mass is 9.53. The zero-order chi connectivity index (χ0) is 16.0. The van der Waals surface area contributed by atoms with Crippen molar-refractivity contribution in [1.29, 1.82) is 0 Å². The maximum atomic E-state index is 10.0. The first-order valence-electron chi connectivity index (χ1n) is 10.2. The van der Waals surface area contributed by atoms with Crippen molar-refractivity contribution >= 4 is 0 Å². The van der Waals surface area contributed by atoms with E-state index in [1.165, 1.54) is 57.8 Å². The molecule has 4 rings (SSSR count). The van der Waals surface area contributed by atoms with E-state index in [0.29, 0.717) is 5.41 Å². The average Bonchev–Trinajstić information content (AvgIpc) is 2.89. The Bertz CT molecular complexity index is 528. The van der Waals surface area contributed by atoms with Crippen LogP contribution in [0.15, 0.2) is 22.8 Å². The largest absolute Gasteiger partial charge is 0.393 e. The molecule has 23 heavy (non-hydrogen) atoms. The van der Waals surface area contributed by atoms with Crippen LogP contribution in [0.25, 0.3) is 0 Å². The molecule has 1 fully saturated rings. The molecule has 4 aliphatic rings. The second-order valence-corrected chi connectivity index (χ2v) is 8.97. The summed E-state index contributed by atoms with van der Waals surface area (Å²) in [5.74, 6) is 2.70. The molecule has 0 bridgehead atoms. The summed E-state index contributed by atoms with van der Waals surface area (Å²) in [5.41, 5.74) is 5.78.